The Balaban J connectivity index is 1.45. The van der Waals surface area contributed by atoms with Crippen molar-refractivity contribution in [3.63, 3.8) is 0 Å². The van der Waals surface area contributed by atoms with E-state index in [2.05, 4.69) is 15.6 Å². The fourth-order valence-corrected chi connectivity index (χ4v) is 3.69. The third kappa shape index (κ3) is 6.37. The first-order chi connectivity index (χ1) is 14.5. The van der Waals surface area contributed by atoms with E-state index in [9.17, 15) is 14.4 Å². The summed E-state index contributed by atoms with van der Waals surface area (Å²) in [5.41, 5.74) is 3.11. The van der Waals surface area contributed by atoms with Crippen molar-refractivity contribution in [2.45, 2.75) is 19.6 Å². The number of rotatable bonds is 8. The van der Waals surface area contributed by atoms with E-state index in [0.29, 0.717) is 22.9 Å². The lowest BCUT2D eigenvalue weighted by Crippen LogP contribution is -2.23. The molecule has 0 bridgehead atoms. The molecule has 0 spiro atoms. The van der Waals surface area contributed by atoms with Crippen LogP contribution in [0.4, 0.5) is 9.93 Å². The van der Waals surface area contributed by atoms with Crippen LogP contribution in [-0.2, 0) is 29.1 Å². The van der Waals surface area contributed by atoms with Gasteiger partial charge in [-0.25, -0.2) is 15.3 Å². The van der Waals surface area contributed by atoms with Crippen LogP contribution in [0.1, 0.15) is 26.5 Å². The molecule has 3 aromatic rings. The predicted octanol–water partition coefficient (Wildman–Crippen LogP) is 2.93. The third-order valence-corrected chi connectivity index (χ3v) is 5.49. The number of alkyl carbamates (subject to hydrolysis) is 1. The van der Waals surface area contributed by atoms with E-state index in [1.807, 2.05) is 17.5 Å². The molecule has 0 saturated heterocycles. The maximum Gasteiger partial charge on any atom is 0.407 e. The summed E-state index contributed by atoms with van der Waals surface area (Å²) >= 11 is 2.72. The SMILES string of the molecule is O=C(Cc1csc(NC(=O)c2ccc(COC(=O)NCc3cccs3)cc2)n1)NO. The first-order valence-electron chi connectivity index (χ1n) is 8.74. The van der Waals surface area contributed by atoms with Crippen LogP contribution >= 0.6 is 22.7 Å². The number of hydrogen-bond acceptors (Lipinski definition) is 8. The van der Waals surface area contributed by atoms with E-state index in [4.69, 9.17) is 9.94 Å². The Morgan fingerprint density at radius 1 is 1.10 bits per heavy atom. The second-order valence-electron chi connectivity index (χ2n) is 6.02. The van der Waals surface area contributed by atoms with Crippen molar-refractivity contribution in [3.8, 4) is 0 Å². The van der Waals surface area contributed by atoms with Crippen LogP contribution in [0.5, 0.6) is 0 Å². The molecular weight excluding hydrogens is 428 g/mol. The van der Waals surface area contributed by atoms with Gasteiger partial charge in [-0.05, 0) is 29.1 Å². The highest BCUT2D eigenvalue weighted by Crippen LogP contribution is 2.17. The molecule has 0 saturated carbocycles. The summed E-state index contributed by atoms with van der Waals surface area (Å²) in [4.78, 5) is 40.3. The van der Waals surface area contributed by atoms with Gasteiger partial charge >= 0.3 is 6.09 Å². The van der Waals surface area contributed by atoms with Gasteiger partial charge in [0.15, 0.2) is 5.13 Å². The molecule has 9 nitrogen and oxygen atoms in total. The number of nitrogens with zero attached hydrogens (tertiary/aromatic N) is 1. The van der Waals surface area contributed by atoms with Crippen molar-refractivity contribution >= 4 is 45.7 Å². The topological polar surface area (TPSA) is 130 Å². The number of amides is 3. The molecule has 3 rings (SSSR count). The Kier molecular flexibility index (Phi) is 7.49. The fraction of sp³-hybridized carbons (Fsp3) is 0.158. The maximum atomic E-state index is 12.3. The van der Waals surface area contributed by atoms with Gasteiger partial charge in [-0.3, -0.25) is 20.1 Å². The zero-order valence-corrected chi connectivity index (χ0v) is 17.2. The van der Waals surface area contributed by atoms with Crippen molar-refractivity contribution in [2.24, 2.45) is 0 Å². The quantitative estimate of drug-likeness (QED) is 0.311. The lowest BCUT2D eigenvalue weighted by Gasteiger charge is -2.07. The highest BCUT2D eigenvalue weighted by Gasteiger charge is 2.11. The minimum absolute atomic E-state index is 0.0843. The molecule has 0 aliphatic carbocycles. The van der Waals surface area contributed by atoms with Gasteiger partial charge in [0.25, 0.3) is 5.91 Å². The standard InChI is InChI=1S/C19H18N4O5S2/c24-16(23-27)8-14-11-30-18(21-14)22-17(25)13-5-3-12(4-6-13)10-28-19(26)20-9-15-2-1-7-29-15/h1-7,11,27H,8-10H2,(H,20,26)(H,23,24)(H,21,22,25). The summed E-state index contributed by atoms with van der Waals surface area (Å²) < 4.78 is 5.16. The summed E-state index contributed by atoms with van der Waals surface area (Å²) in [6.45, 7) is 0.500. The lowest BCUT2D eigenvalue weighted by molar-refractivity contribution is -0.128. The van der Waals surface area contributed by atoms with Gasteiger partial charge in [-0.15, -0.1) is 22.7 Å². The summed E-state index contributed by atoms with van der Waals surface area (Å²) in [5.74, 6) is -0.945. The highest BCUT2D eigenvalue weighted by molar-refractivity contribution is 7.14. The molecule has 0 atom stereocenters. The number of ether oxygens (including phenoxy) is 1. The monoisotopic (exact) mass is 446 g/mol. The van der Waals surface area contributed by atoms with E-state index < -0.39 is 12.0 Å². The molecule has 11 heteroatoms. The zero-order valence-electron chi connectivity index (χ0n) is 15.6. The number of hydrogen-bond donors (Lipinski definition) is 4. The number of thiazole rings is 1. The maximum absolute atomic E-state index is 12.3. The van der Waals surface area contributed by atoms with Gasteiger partial charge in [0.05, 0.1) is 18.7 Å². The number of aromatic nitrogens is 1. The van der Waals surface area contributed by atoms with Crippen LogP contribution < -0.4 is 16.1 Å². The summed E-state index contributed by atoms with van der Waals surface area (Å²) in [7, 11) is 0. The number of nitrogens with one attached hydrogen (secondary N) is 3. The zero-order chi connectivity index (χ0) is 21.3. The molecule has 0 unspecified atom stereocenters. The van der Waals surface area contributed by atoms with Gasteiger partial charge in [0.1, 0.15) is 6.61 Å². The van der Waals surface area contributed by atoms with Crippen molar-refractivity contribution < 1.29 is 24.3 Å². The molecule has 2 heterocycles. The van der Waals surface area contributed by atoms with Crippen LogP contribution in [0.25, 0.3) is 0 Å². The number of hydroxylamine groups is 1. The average Bonchev–Trinajstić information content (AvgIpc) is 3.43. The first-order valence-corrected chi connectivity index (χ1v) is 10.5. The Bertz CT molecular complexity index is 1000. The highest BCUT2D eigenvalue weighted by atomic mass is 32.1. The van der Waals surface area contributed by atoms with Crippen molar-refractivity contribution in [2.75, 3.05) is 5.32 Å². The predicted molar refractivity (Wildman–Crippen MR) is 111 cm³/mol. The number of carbonyl (C=O) groups excluding carboxylic acids is 3. The fourth-order valence-electron chi connectivity index (χ4n) is 2.34. The Morgan fingerprint density at radius 3 is 2.60 bits per heavy atom. The molecule has 30 heavy (non-hydrogen) atoms. The molecule has 0 aliphatic rings. The van der Waals surface area contributed by atoms with Gasteiger partial charge in [0.2, 0.25) is 5.91 Å². The normalized spacial score (nSPS) is 10.3. The van der Waals surface area contributed by atoms with Crippen LogP contribution in [0.3, 0.4) is 0 Å². The van der Waals surface area contributed by atoms with Gasteiger partial charge in [-0.1, -0.05) is 18.2 Å². The smallest absolute Gasteiger partial charge is 0.407 e. The van der Waals surface area contributed by atoms with Gasteiger partial charge in [-0.2, -0.15) is 0 Å². The molecule has 0 radical (unpaired) electrons. The van der Waals surface area contributed by atoms with Crippen LogP contribution in [0.15, 0.2) is 47.2 Å². The Hall–Kier alpha value is -3.28. The van der Waals surface area contributed by atoms with Crippen LogP contribution in [0.2, 0.25) is 0 Å². The summed E-state index contributed by atoms with van der Waals surface area (Å²) in [6, 6.07) is 10.5. The molecular formula is C19H18N4O5S2. The second-order valence-corrected chi connectivity index (χ2v) is 7.91. The van der Waals surface area contributed by atoms with Crippen molar-refractivity contribution in [1.29, 1.82) is 0 Å². The molecule has 156 valence electrons. The van der Waals surface area contributed by atoms with Crippen LogP contribution in [-0.4, -0.2) is 28.1 Å². The minimum Gasteiger partial charge on any atom is -0.445 e. The van der Waals surface area contributed by atoms with E-state index >= 15 is 0 Å². The molecule has 2 aromatic heterocycles. The van der Waals surface area contributed by atoms with E-state index in [0.717, 1.165) is 10.4 Å². The number of anilines is 1. The van der Waals surface area contributed by atoms with Gasteiger partial charge in [0, 0.05) is 15.8 Å². The molecule has 3 amide bonds. The molecule has 1 aromatic carbocycles. The van der Waals surface area contributed by atoms with E-state index in [-0.39, 0.29) is 18.9 Å². The Labute approximate surface area is 179 Å². The molecule has 4 N–H and O–H groups in total. The average molecular weight is 447 g/mol. The van der Waals surface area contributed by atoms with Crippen molar-refractivity contribution in [3.05, 3.63) is 68.9 Å². The Morgan fingerprint density at radius 2 is 1.90 bits per heavy atom. The molecule has 0 aliphatic heterocycles. The third-order valence-electron chi connectivity index (χ3n) is 3.81. The number of carbonyl (C=O) groups is 3. The number of benzene rings is 1. The summed E-state index contributed by atoms with van der Waals surface area (Å²) in [6.07, 6.45) is -0.599. The van der Waals surface area contributed by atoms with Crippen molar-refractivity contribution in [1.82, 2.24) is 15.8 Å². The van der Waals surface area contributed by atoms with E-state index in [1.54, 1.807) is 41.0 Å². The summed E-state index contributed by atoms with van der Waals surface area (Å²) in [5, 5.41) is 17.7. The van der Waals surface area contributed by atoms with E-state index in [1.165, 1.54) is 16.8 Å². The number of thiophene rings is 1. The second kappa shape index (κ2) is 10.5. The van der Waals surface area contributed by atoms with Gasteiger partial charge < -0.3 is 10.1 Å². The largest absolute Gasteiger partial charge is 0.445 e. The first kappa shape index (κ1) is 21.4. The lowest BCUT2D eigenvalue weighted by atomic mass is 10.1. The molecule has 0 fully saturated rings. The minimum atomic E-state index is -0.587. The van der Waals surface area contributed by atoms with Crippen LogP contribution in [0, 0.1) is 0 Å².